The van der Waals surface area contributed by atoms with Crippen LogP contribution in [0, 0.1) is 13.8 Å². The van der Waals surface area contributed by atoms with E-state index in [1.807, 2.05) is 61.0 Å². The average Bonchev–Trinajstić information content (AvgIpc) is 3.01. The van der Waals surface area contributed by atoms with Gasteiger partial charge in [0.15, 0.2) is 0 Å². The molecule has 0 saturated carbocycles. The molecule has 0 aliphatic rings. The molecular weight excluding hydrogens is 362 g/mol. The van der Waals surface area contributed by atoms with Crippen LogP contribution in [0.4, 0.5) is 0 Å². The van der Waals surface area contributed by atoms with E-state index in [1.165, 1.54) is 5.56 Å². The fraction of sp³-hybridized carbons (Fsp3) is 0.333. The second-order valence-electron chi connectivity index (χ2n) is 7.43. The monoisotopic (exact) mass is 391 g/mol. The lowest BCUT2D eigenvalue weighted by Gasteiger charge is -2.14. The van der Waals surface area contributed by atoms with Crippen LogP contribution in [0.25, 0.3) is 5.69 Å². The van der Waals surface area contributed by atoms with Crippen LogP contribution in [0.3, 0.4) is 0 Å². The van der Waals surface area contributed by atoms with E-state index >= 15 is 0 Å². The Bertz CT molecular complexity index is 946. The number of para-hydroxylation sites is 1. The number of rotatable bonds is 8. The van der Waals surface area contributed by atoms with E-state index in [0.717, 1.165) is 41.2 Å². The van der Waals surface area contributed by atoms with Gasteiger partial charge in [0.25, 0.3) is 0 Å². The summed E-state index contributed by atoms with van der Waals surface area (Å²) < 4.78 is 7.10. The van der Waals surface area contributed by atoms with Crippen molar-refractivity contribution >= 4 is 5.91 Å². The zero-order valence-electron chi connectivity index (χ0n) is 17.6. The quantitative estimate of drug-likeness (QED) is 0.627. The van der Waals surface area contributed by atoms with Crippen LogP contribution in [0.15, 0.2) is 54.6 Å². The summed E-state index contributed by atoms with van der Waals surface area (Å²) in [5.74, 6) is 0.892. The molecule has 0 aliphatic carbocycles. The highest BCUT2D eigenvalue weighted by Gasteiger charge is 2.17. The van der Waals surface area contributed by atoms with Crippen molar-refractivity contribution < 1.29 is 9.53 Å². The first-order valence-corrected chi connectivity index (χ1v) is 10.0. The van der Waals surface area contributed by atoms with Gasteiger partial charge in [-0.3, -0.25) is 4.79 Å². The summed E-state index contributed by atoms with van der Waals surface area (Å²) in [6.45, 7) is 6.03. The lowest BCUT2D eigenvalue weighted by Crippen LogP contribution is -2.34. The number of carbonyl (C=O) groups is 1. The van der Waals surface area contributed by atoms with Crippen molar-refractivity contribution in [1.29, 1.82) is 0 Å². The van der Waals surface area contributed by atoms with E-state index in [9.17, 15) is 4.79 Å². The highest BCUT2D eigenvalue weighted by molar-refractivity contribution is 5.79. The Hall–Kier alpha value is -3.08. The first kappa shape index (κ1) is 20.6. The number of aryl methyl sites for hydroxylation is 2. The van der Waals surface area contributed by atoms with Crippen molar-refractivity contribution in [1.82, 2.24) is 15.1 Å². The Morgan fingerprint density at radius 2 is 1.79 bits per heavy atom. The van der Waals surface area contributed by atoms with Gasteiger partial charge in [-0.15, -0.1) is 0 Å². The molecule has 0 fully saturated rings. The number of nitrogens with zero attached hydrogens (tertiary/aromatic N) is 2. The van der Waals surface area contributed by atoms with Gasteiger partial charge in [-0.05, 0) is 63.4 Å². The van der Waals surface area contributed by atoms with Gasteiger partial charge in [-0.25, -0.2) is 4.68 Å². The molecule has 3 aromatic rings. The van der Waals surface area contributed by atoms with Gasteiger partial charge in [0, 0.05) is 17.3 Å². The summed E-state index contributed by atoms with van der Waals surface area (Å²) in [4.78, 5) is 12.6. The molecule has 1 aromatic heterocycles. The number of hydrogen-bond donors (Lipinski definition) is 1. The summed E-state index contributed by atoms with van der Waals surface area (Å²) in [7, 11) is 1.67. The Labute approximate surface area is 172 Å². The maximum atomic E-state index is 12.6. The summed E-state index contributed by atoms with van der Waals surface area (Å²) in [5, 5.41) is 7.75. The van der Waals surface area contributed by atoms with Crippen LogP contribution >= 0.6 is 0 Å². The molecular formula is C24H29N3O2. The van der Waals surface area contributed by atoms with E-state index in [4.69, 9.17) is 4.74 Å². The van der Waals surface area contributed by atoms with Crippen molar-refractivity contribution in [2.75, 3.05) is 7.11 Å². The molecule has 0 aliphatic heterocycles. The molecule has 0 radical (unpaired) electrons. The standard InChI is InChI=1S/C24H29N3O2/c1-17(10-11-20-12-14-22(29-4)15-13-20)25-24(28)16-23-18(2)26-27(19(23)3)21-8-6-5-7-9-21/h5-9,12-15,17H,10-11,16H2,1-4H3,(H,25,28). The van der Waals surface area contributed by atoms with E-state index in [1.54, 1.807) is 7.11 Å². The van der Waals surface area contributed by atoms with Gasteiger partial charge in [0.05, 0.1) is 24.9 Å². The zero-order chi connectivity index (χ0) is 20.8. The molecule has 2 aromatic carbocycles. The largest absolute Gasteiger partial charge is 0.497 e. The molecule has 5 nitrogen and oxygen atoms in total. The number of methoxy groups -OCH3 is 1. The second kappa shape index (κ2) is 9.41. The van der Waals surface area contributed by atoms with Crippen molar-refractivity contribution in [2.45, 2.75) is 46.1 Å². The fourth-order valence-corrected chi connectivity index (χ4v) is 3.49. The van der Waals surface area contributed by atoms with E-state index < -0.39 is 0 Å². The molecule has 1 amide bonds. The Morgan fingerprint density at radius 1 is 1.10 bits per heavy atom. The maximum absolute atomic E-state index is 12.6. The number of carbonyl (C=O) groups excluding carboxylic acids is 1. The number of aromatic nitrogens is 2. The predicted octanol–water partition coefficient (Wildman–Crippen LogP) is 4.18. The topological polar surface area (TPSA) is 56.1 Å². The number of amides is 1. The van der Waals surface area contributed by atoms with Gasteiger partial charge in [-0.1, -0.05) is 30.3 Å². The van der Waals surface area contributed by atoms with E-state index in [-0.39, 0.29) is 11.9 Å². The molecule has 1 N–H and O–H groups in total. The molecule has 1 heterocycles. The van der Waals surface area contributed by atoms with Crippen LogP contribution in [-0.4, -0.2) is 28.8 Å². The number of ether oxygens (including phenoxy) is 1. The highest BCUT2D eigenvalue weighted by atomic mass is 16.5. The molecule has 29 heavy (non-hydrogen) atoms. The van der Waals surface area contributed by atoms with Crippen LogP contribution in [0.2, 0.25) is 0 Å². The lowest BCUT2D eigenvalue weighted by molar-refractivity contribution is -0.121. The van der Waals surface area contributed by atoms with Crippen LogP contribution in [0.5, 0.6) is 5.75 Å². The SMILES string of the molecule is COc1ccc(CCC(C)NC(=O)Cc2c(C)nn(-c3ccccc3)c2C)cc1. The van der Waals surface area contributed by atoms with E-state index in [2.05, 4.69) is 29.5 Å². The van der Waals surface area contributed by atoms with Gasteiger partial charge in [-0.2, -0.15) is 5.10 Å². The predicted molar refractivity (Wildman–Crippen MR) is 116 cm³/mol. The van der Waals surface area contributed by atoms with Crippen molar-refractivity contribution in [3.8, 4) is 11.4 Å². The van der Waals surface area contributed by atoms with Crippen molar-refractivity contribution in [3.05, 3.63) is 77.1 Å². The minimum atomic E-state index is 0.0334. The third-order valence-electron chi connectivity index (χ3n) is 5.21. The average molecular weight is 392 g/mol. The van der Waals surface area contributed by atoms with Crippen LogP contribution in [-0.2, 0) is 17.6 Å². The number of hydrogen-bond acceptors (Lipinski definition) is 3. The van der Waals surface area contributed by atoms with E-state index in [0.29, 0.717) is 6.42 Å². The summed E-state index contributed by atoms with van der Waals surface area (Å²) >= 11 is 0. The van der Waals surface area contributed by atoms with Crippen molar-refractivity contribution in [2.24, 2.45) is 0 Å². The Balaban J connectivity index is 1.56. The van der Waals surface area contributed by atoms with Gasteiger partial charge >= 0.3 is 0 Å². The lowest BCUT2D eigenvalue weighted by atomic mass is 10.1. The molecule has 0 bridgehead atoms. The normalized spacial score (nSPS) is 11.9. The first-order valence-electron chi connectivity index (χ1n) is 10.0. The minimum absolute atomic E-state index is 0.0334. The molecule has 5 heteroatoms. The van der Waals surface area contributed by atoms with Crippen LogP contribution < -0.4 is 10.1 Å². The number of nitrogens with one attached hydrogen (secondary N) is 1. The van der Waals surface area contributed by atoms with Gasteiger partial charge < -0.3 is 10.1 Å². The zero-order valence-corrected chi connectivity index (χ0v) is 17.6. The smallest absolute Gasteiger partial charge is 0.224 e. The fourth-order valence-electron chi connectivity index (χ4n) is 3.49. The third kappa shape index (κ3) is 5.25. The Morgan fingerprint density at radius 3 is 2.45 bits per heavy atom. The summed E-state index contributed by atoms with van der Waals surface area (Å²) in [6, 6.07) is 18.2. The molecule has 152 valence electrons. The third-order valence-corrected chi connectivity index (χ3v) is 5.21. The highest BCUT2D eigenvalue weighted by Crippen LogP contribution is 2.18. The molecule has 1 unspecified atom stereocenters. The molecule has 1 atom stereocenters. The molecule has 3 rings (SSSR count). The Kier molecular flexibility index (Phi) is 6.70. The first-order chi connectivity index (χ1) is 14.0. The molecule has 0 saturated heterocycles. The number of benzene rings is 2. The van der Waals surface area contributed by atoms with Crippen LogP contribution in [0.1, 0.15) is 35.9 Å². The van der Waals surface area contributed by atoms with Gasteiger partial charge in [0.1, 0.15) is 5.75 Å². The minimum Gasteiger partial charge on any atom is -0.497 e. The summed E-state index contributed by atoms with van der Waals surface area (Å²) in [6.07, 6.45) is 2.14. The van der Waals surface area contributed by atoms with Gasteiger partial charge in [0.2, 0.25) is 5.91 Å². The maximum Gasteiger partial charge on any atom is 0.224 e. The van der Waals surface area contributed by atoms with Crippen molar-refractivity contribution in [3.63, 3.8) is 0 Å². The molecule has 0 spiro atoms. The summed E-state index contributed by atoms with van der Waals surface area (Å²) in [5.41, 5.74) is 5.14. The second-order valence-corrected chi connectivity index (χ2v) is 7.43.